The first-order valence-electron chi connectivity index (χ1n) is 3.93. The van der Waals surface area contributed by atoms with E-state index in [4.69, 9.17) is 10.8 Å². The second kappa shape index (κ2) is 4.30. The molecule has 0 aromatic heterocycles. The number of allylic oxidation sites excluding steroid dienone is 1. The number of benzene rings is 1. The molecule has 0 heterocycles. The quantitative estimate of drug-likeness (QED) is 0.542. The molecule has 0 bridgehead atoms. The SMILES string of the molecule is Nc1ccccc1CC=CC(=O)O. The molecule has 0 radical (unpaired) electrons. The third kappa shape index (κ3) is 2.99. The fourth-order valence-electron chi connectivity index (χ4n) is 1.01. The number of carbonyl (C=O) groups is 1. The number of anilines is 1. The van der Waals surface area contributed by atoms with Crippen LogP contribution in [0.4, 0.5) is 5.69 Å². The van der Waals surface area contributed by atoms with Gasteiger partial charge in [-0.05, 0) is 18.1 Å². The van der Waals surface area contributed by atoms with Crippen molar-refractivity contribution in [2.24, 2.45) is 0 Å². The van der Waals surface area contributed by atoms with Gasteiger partial charge in [0.1, 0.15) is 0 Å². The van der Waals surface area contributed by atoms with E-state index in [-0.39, 0.29) is 0 Å². The minimum absolute atomic E-state index is 0.555. The van der Waals surface area contributed by atoms with Crippen molar-refractivity contribution in [1.29, 1.82) is 0 Å². The fourth-order valence-corrected chi connectivity index (χ4v) is 1.01. The van der Waals surface area contributed by atoms with Crippen molar-refractivity contribution in [3.63, 3.8) is 0 Å². The van der Waals surface area contributed by atoms with Gasteiger partial charge in [-0.1, -0.05) is 24.3 Å². The van der Waals surface area contributed by atoms with E-state index in [9.17, 15) is 4.79 Å². The monoisotopic (exact) mass is 177 g/mol. The Labute approximate surface area is 76.5 Å². The largest absolute Gasteiger partial charge is 0.478 e. The predicted molar refractivity (Wildman–Crippen MR) is 51.3 cm³/mol. The lowest BCUT2D eigenvalue weighted by atomic mass is 10.1. The zero-order valence-corrected chi connectivity index (χ0v) is 7.10. The van der Waals surface area contributed by atoms with Crippen LogP contribution in [0.2, 0.25) is 0 Å². The van der Waals surface area contributed by atoms with Gasteiger partial charge < -0.3 is 10.8 Å². The zero-order chi connectivity index (χ0) is 9.68. The van der Waals surface area contributed by atoms with Crippen LogP contribution in [0.15, 0.2) is 36.4 Å². The summed E-state index contributed by atoms with van der Waals surface area (Å²) < 4.78 is 0. The topological polar surface area (TPSA) is 63.3 Å². The van der Waals surface area contributed by atoms with Crippen molar-refractivity contribution in [2.45, 2.75) is 6.42 Å². The average molecular weight is 177 g/mol. The maximum absolute atomic E-state index is 10.2. The standard InChI is InChI=1S/C10H11NO2/c11-9-6-2-1-4-8(9)5-3-7-10(12)13/h1-4,6-7H,5,11H2,(H,12,13). The Bertz CT molecular complexity index is 331. The molecule has 1 rings (SSSR count). The molecule has 0 unspecified atom stereocenters. The molecule has 0 fully saturated rings. The van der Waals surface area contributed by atoms with Gasteiger partial charge in [0.05, 0.1) is 0 Å². The van der Waals surface area contributed by atoms with Crippen LogP contribution < -0.4 is 5.73 Å². The summed E-state index contributed by atoms with van der Waals surface area (Å²) in [5, 5.41) is 8.34. The maximum atomic E-state index is 10.2. The van der Waals surface area contributed by atoms with Crippen LogP contribution in [0.1, 0.15) is 5.56 Å². The molecule has 0 saturated heterocycles. The molecular weight excluding hydrogens is 166 g/mol. The summed E-state index contributed by atoms with van der Waals surface area (Å²) >= 11 is 0. The fraction of sp³-hybridized carbons (Fsp3) is 0.100. The van der Waals surface area contributed by atoms with Crippen molar-refractivity contribution in [3.05, 3.63) is 42.0 Å². The summed E-state index contributed by atoms with van der Waals surface area (Å²) in [4.78, 5) is 10.2. The van der Waals surface area contributed by atoms with Gasteiger partial charge in [0, 0.05) is 11.8 Å². The normalized spacial score (nSPS) is 10.5. The first kappa shape index (κ1) is 9.32. The average Bonchev–Trinajstić information content (AvgIpc) is 2.08. The summed E-state index contributed by atoms with van der Waals surface area (Å²) in [6, 6.07) is 7.39. The Morgan fingerprint density at radius 1 is 1.46 bits per heavy atom. The Morgan fingerprint density at radius 2 is 2.15 bits per heavy atom. The summed E-state index contributed by atoms with van der Waals surface area (Å²) in [5.41, 5.74) is 7.29. The highest BCUT2D eigenvalue weighted by Gasteiger charge is 1.94. The summed E-state index contributed by atoms with van der Waals surface area (Å²) in [7, 11) is 0. The number of aliphatic carboxylic acids is 1. The molecule has 0 spiro atoms. The molecule has 13 heavy (non-hydrogen) atoms. The summed E-state index contributed by atoms with van der Waals surface area (Å²) in [6.07, 6.45) is 3.25. The molecule has 0 amide bonds. The number of carboxylic acids is 1. The van der Waals surface area contributed by atoms with Gasteiger partial charge in [-0.25, -0.2) is 4.79 Å². The molecule has 0 saturated carbocycles. The molecule has 0 atom stereocenters. The molecule has 3 N–H and O–H groups in total. The molecule has 3 heteroatoms. The molecule has 1 aromatic rings. The van der Waals surface area contributed by atoms with Crippen molar-refractivity contribution in [1.82, 2.24) is 0 Å². The second-order valence-electron chi connectivity index (χ2n) is 2.64. The Hall–Kier alpha value is -1.77. The van der Waals surface area contributed by atoms with Crippen LogP contribution in [0.25, 0.3) is 0 Å². The predicted octanol–water partition coefficient (Wildman–Crippen LogP) is 1.45. The molecule has 0 aliphatic carbocycles. The first-order chi connectivity index (χ1) is 6.20. The Kier molecular flexibility index (Phi) is 3.09. The van der Waals surface area contributed by atoms with E-state index >= 15 is 0 Å². The molecule has 3 nitrogen and oxygen atoms in total. The third-order valence-electron chi connectivity index (χ3n) is 1.65. The molecular formula is C10H11NO2. The number of rotatable bonds is 3. The van der Waals surface area contributed by atoms with Crippen molar-refractivity contribution in [2.75, 3.05) is 5.73 Å². The van der Waals surface area contributed by atoms with E-state index in [0.717, 1.165) is 11.6 Å². The van der Waals surface area contributed by atoms with E-state index in [0.29, 0.717) is 12.1 Å². The summed E-state index contributed by atoms with van der Waals surface area (Å²) in [6.45, 7) is 0. The highest BCUT2D eigenvalue weighted by molar-refractivity contribution is 5.79. The molecule has 0 aliphatic heterocycles. The number of nitrogen functional groups attached to an aromatic ring is 1. The lowest BCUT2D eigenvalue weighted by Crippen LogP contribution is -1.93. The van der Waals surface area contributed by atoms with Crippen molar-refractivity contribution >= 4 is 11.7 Å². The Balaban J connectivity index is 2.64. The van der Waals surface area contributed by atoms with E-state index < -0.39 is 5.97 Å². The van der Waals surface area contributed by atoms with Crippen LogP contribution in [0, 0.1) is 0 Å². The highest BCUT2D eigenvalue weighted by atomic mass is 16.4. The van der Waals surface area contributed by atoms with Crippen LogP contribution in [0.5, 0.6) is 0 Å². The van der Waals surface area contributed by atoms with Gasteiger partial charge in [0.2, 0.25) is 0 Å². The number of hydrogen-bond acceptors (Lipinski definition) is 2. The maximum Gasteiger partial charge on any atom is 0.327 e. The molecule has 1 aromatic carbocycles. The van der Waals surface area contributed by atoms with Crippen molar-refractivity contribution < 1.29 is 9.90 Å². The highest BCUT2D eigenvalue weighted by Crippen LogP contribution is 2.11. The zero-order valence-electron chi connectivity index (χ0n) is 7.10. The molecule has 0 aliphatic rings. The minimum Gasteiger partial charge on any atom is -0.478 e. The van der Waals surface area contributed by atoms with E-state index in [2.05, 4.69) is 0 Å². The van der Waals surface area contributed by atoms with Gasteiger partial charge in [0.25, 0.3) is 0 Å². The minimum atomic E-state index is -0.936. The first-order valence-corrected chi connectivity index (χ1v) is 3.93. The summed E-state index contributed by atoms with van der Waals surface area (Å²) in [5.74, 6) is -0.936. The van der Waals surface area contributed by atoms with E-state index in [1.54, 1.807) is 12.1 Å². The van der Waals surface area contributed by atoms with Crippen molar-refractivity contribution in [3.8, 4) is 0 Å². The second-order valence-corrected chi connectivity index (χ2v) is 2.64. The van der Waals surface area contributed by atoms with Crippen LogP contribution in [-0.2, 0) is 11.2 Å². The van der Waals surface area contributed by atoms with Gasteiger partial charge in [-0.15, -0.1) is 0 Å². The van der Waals surface area contributed by atoms with E-state index in [1.807, 2.05) is 18.2 Å². The van der Waals surface area contributed by atoms with Gasteiger partial charge in [-0.3, -0.25) is 0 Å². The number of hydrogen-bond donors (Lipinski definition) is 2. The number of para-hydroxylation sites is 1. The van der Waals surface area contributed by atoms with Gasteiger partial charge in [-0.2, -0.15) is 0 Å². The van der Waals surface area contributed by atoms with Gasteiger partial charge in [0.15, 0.2) is 0 Å². The van der Waals surface area contributed by atoms with Crippen LogP contribution in [-0.4, -0.2) is 11.1 Å². The third-order valence-corrected chi connectivity index (χ3v) is 1.65. The van der Waals surface area contributed by atoms with Gasteiger partial charge >= 0.3 is 5.97 Å². The van der Waals surface area contributed by atoms with Crippen LogP contribution in [0.3, 0.4) is 0 Å². The Morgan fingerprint density at radius 3 is 2.77 bits per heavy atom. The lowest BCUT2D eigenvalue weighted by Gasteiger charge is -1.99. The number of nitrogens with two attached hydrogens (primary N) is 1. The smallest absolute Gasteiger partial charge is 0.327 e. The van der Waals surface area contributed by atoms with Crippen LogP contribution >= 0.6 is 0 Å². The lowest BCUT2D eigenvalue weighted by molar-refractivity contribution is -0.131. The van der Waals surface area contributed by atoms with E-state index in [1.165, 1.54) is 0 Å². The molecule has 68 valence electrons. The number of carboxylic acid groups (broad SMARTS) is 1.